The fourth-order valence-corrected chi connectivity index (χ4v) is 3.73. The third-order valence-electron chi connectivity index (χ3n) is 5.45. The predicted molar refractivity (Wildman–Crippen MR) is 136 cm³/mol. The Balaban J connectivity index is 1.72. The summed E-state index contributed by atoms with van der Waals surface area (Å²) in [5.74, 6) is 0.753. The number of ether oxygens (including phenoxy) is 3. The van der Waals surface area contributed by atoms with E-state index in [2.05, 4.69) is 5.32 Å². The number of hydrogen-bond acceptors (Lipinski definition) is 6. The first-order valence-electron chi connectivity index (χ1n) is 11.0. The van der Waals surface area contributed by atoms with Crippen molar-refractivity contribution in [2.75, 3.05) is 19.5 Å². The van der Waals surface area contributed by atoms with Gasteiger partial charge in [-0.25, -0.2) is 0 Å². The molecule has 1 aromatic heterocycles. The Morgan fingerprint density at radius 2 is 1.77 bits per heavy atom. The maximum atomic E-state index is 13.4. The second kappa shape index (κ2) is 10.5. The van der Waals surface area contributed by atoms with Crippen LogP contribution in [-0.2, 0) is 4.79 Å². The van der Waals surface area contributed by atoms with Crippen LogP contribution in [0.1, 0.15) is 13.3 Å². The van der Waals surface area contributed by atoms with Gasteiger partial charge in [-0.15, -0.1) is 0 Å². The number of fused-ring (bicyclic) bond motifs is 1. The van der Waals surface area contributed by atoms with Gasteiger partial charge in [0.05, 0.1) is 25.3 Å². The zero-order valence-corrected chi connectivity index (χ0v) is 20.2. The summed E-state index contributed by atoms with van der Waals surface area (Å²) in [5, 5.41) is 3.71. The molecule has 1 atom stereocenters. The van der Waals surface area contributed by atoms with Gasteiger partial charge in [-0.05, 0) is 55.0 Å². The van der Waals surface area contributed by atoms with Crippen molar-refractivity contribution < 1.29 is 23.4 Å². The minimum atomic E-state index is -0.975. The number of methoxy groups -OCH3 is 2. The van der Waals surface area contributed by atoms with Gasteiger partial charge in [-0.2, -0.15) is 0 Å². The molecule has 4 aromatic rings. The van der Waals surface area contributed by atoms with Crippen LogP contribution in [-0.4, -0.2) is 26.2 Å². The number of hydrogen-bond donors (Lipinski definition) is 1. The first-order valence-corrected chi connectivity index (χ1v) is 11.3. The maximum Gasteiger partial charge on any atom is 0.265 e. The van der Waals surface area contributed by atoms with Crippen LogP contribution in [0.4, 0.5) is 5.69 Å². The second-order valence-electron chi connectivity index (χ2n) is 7.66. The van der Waals surface area contributed by atoms with Gasteiger partial charge < -0.3 is 23.9 Å². The summed E-state index contributed by atoms with van der Waals surface area (Å²) < 4.78 is 22.7. The number of para-hydroxylation sites is 1. The molecule has 0 aliphatic heterocycles. The second-order valence-corrected chi connectivity index (χ2v) is 8.10. The number of anilines is 1. The van der Waals surface area contributed by atoms with Crippen molar-refractivity contribution in [3.8, 4) is 28.6 Å². The third-order valence-corrected chi connectivity index (χ3v) is 5.70. The highest BCUT2D eigenvalue weighted by atomic mass is 35.5. The Morgan fingerprint density at radius 3 is 2.46 bits per heavy atom. The molecule has 1 N–H and O–H groups in total. The minimum absolute atomic E-state index is 0.0466. The quantitative estimate of drug-likeness (QED) is 0.327. The minimum Gasteiger partial charge on any atom is -0.497 e. The molecule has 180 valence electrons. The van der Waals surface area contributed by atoms with E-state index in [-0.39, 0.29) is 16.9 Å². The van der Waals surface area contributed by atoms with E-state index in [1.54, 1.807) is 80.8 Å². The maximum absolute atomic E-state index is 13.4. The van der Waals surface area contributed by atoms with E-state index in [0.29, 0.717) is 45.2 Å². The Kier molecular flexibility index (Phi) is 7.27. The van der Waals surface area contributed by atoms with Gasteiger partial charge in [-0.3, -0.25) is 9.59 Å². The van der Waals surface area contributed by atoms with E-state index in [4.69, 9.17) is 30.2 Å². The molecular formula is C27H24ClNO6. The first-order chi connectivity index (χ1) is 16.9. The highest BCUT2D eigenvalue weighted by Gasteiger charge is 2.25. The van der Waals surface area contributed by atoms with Crippen molar-refractivity contribution in [2.24, 2.45) is 0 Å². The molecule has 0 aliphatic carbocycles. The van der Waals surface area contributed by atoms with E-state index >= 15 is 0 Å². The van der Waals surface area contributed by atoms with Crippen molar-refractivity contribution in [1.29, 1.82) is 0 Å². The number of benzene rings is 3. The summed E-state index contributed by atoms with van der Waals surface area (Å²) in [6.07, 6.45) is -0.673. The van der Waals surface area contributed by atoms with Gasteiger partial charge in [0.25, 0.3) is 5.91 Å². The SMILES string of the molecule is CCC(Oc1c(-c2ccc(Cl)cc2)oc2ccccc2c1=O)C(=O)Nc1ccc(OC)cc1OC. The summed E-state index contributed by atoms with van der Waals surface area (Å²) in [4.78, 5) is 26.6. The molecule has 0 radical (unpaired) electrons. The van der Waals surface area contributed by atoms with Crippen LogP contribution in [0.3, 0.4) is 0 Å². The number of rotatable bonds is 8. The molecule has 35 heavy (non-hydrogen) atoms. The van der Waals surface area contributed by atoms with Gasteiger partial charge in [0.2, 0.25) is 11.2 Å². The average molecular weight is 494 g/mol. The lowest BCUT2D eigenvalue weighted by molar-refractivity contribution is -0.122. The molecule has 0 aliphatic rings. The molecule has 3 aromatic carbocycles. The molecular weight excluding hydrogens is 470 g/mol. The normalized spacial score (nSPS) is 11.7. The van der Waals surface area contributed by atoms with E-state index < -0.39 is 12.0 Å². The standard InChI is InChI=1S/C27H24ClNO6/c1-4-21(27(31)29-20-14-13-18(32-2)15-23(20)33-3)34-26-24(30)19-7-5-6-8-22(19)35-25(26)16-9-11-17(28)12-10-16/h5-15,21H,4H2,1-3H3,(H,29,31). The Morgan fingerprint density at radius 1 is 1.03 bits per heavy atom. The Labute approximate surface area is 207 Å². The fraction of sp³-hybridized carbons (Fsp3) is 0.185. The van der Waals surface area contributed by atoms with Gasteiger partial charge in [0.1, 0.15) is 17.1 Å². The van der Waals surface area contributed by atoms with Crippen molar-refractivity contribution in [3.63, 3.8) is 0 Å². The summed E-state index contributed by atoms with van der Waals surface area (Å²) in [6, 6.07) is 18.8. The van der Waals surface area contributed by atoms with Crippen LogP contribution >= 0.6 is 11.6 Å². The fourth-order valence-electron chi connectivity index (χ4n) is 3.60. The molecule has 7 nitrogen and oxygen atoms in total. The lowest BCUT2D eigenvalue weighted by atomic mass is 10.1. The summed E-state index contributed by atoms with van der Waals surface area (Å²) in [5.41, 5.74) is 1.09. The topological polar surface area (TPSA) is 87.0 Å². The van der Waals surface area contributed by atoms with Crippen LogP contribution in [0.5, 0.6) is 17.2 Å². The molecule has 4 rings (SSSR count). The molecule has 0 saturated carbocycles. The monoisotopic (exact) mass is 493 g/mol. The molecule has 0 spiro atoms. The number of carbonyl (C=O) groups excluding carboxylic acids is 1. The molecule has 0 fully saturated rings. The third kappa shape index (κ3) is 5.10. The summed E-state index contributed by atoms with van der Waals surface area (Å²) >= 11 is 6.04. The molecule has 1 heterocycles. The van der Waals surface area contributed by atoms with Crippen LogP contribution in [0, 0.1) is 0 Å². The number of amides is 1. The number of halogens is 1. The van der Waals surface area contributed by atoms with Gasteiger partial charge in [0, 0.05) is 16.7 Å². The number of carbonyl (C=O) groups is 1. The molecule has 0 bridgehead atoms. The van der Waals surface area contributed by atoms with E-state index in [9.17, 15) is 9.59 Å². The molecule has 1 amide bonds. The van der Waals surface area contributed by atoms with Crippen LogP contribution < -0.4 is 25.0 Å². The zero-order chi connectivity index (χ0) is 24.9. The van der Waals surface area contributed by atoms with Gasteiger partial charge >= 0.3 is 0 Å². The zero-order valence-electron chi connectivity index (χ0n) is 19.5. The van der Waals surface area contributed by atoms with Crippen molar-refractivity contribution in [2.45, 2.75) is 19.4 Å². The lowest BCUT2D eigenvalue weighted by Crippen LogP contribution is -2.34. The Hall–Kier alpha value is -3.97. The van der Waals surface area contributed by atoms with E-state index in [1.165, 1.54) is 7.11 Å². The van der Waals surface area contributed by atoms with Gasteiger partial charge in [-0.1, -0.05) is 30.7 Å². The smallest absolute Gasteiger partial charge is 0.265 e. The summed E-state index contributed by atoms with van der Waals surface area (Å²) in [7, 11) is 3.04. The van der Waals surface area contributed by atoms with Crippen LogP contribution in [0.15, 0.2) is 75.9 Å². The highest BCUT2D eigenvalue weighted by molar-refractivity contribution is 6.30. The number of nitrogens with one attached hydrogen (secondary N) is 1. The van der Waals surface area contributed by atoms with E-state index in [0.717, 1.165) is 0 Å². The highest BCUT2D eigenvalue weighted by Crippen LogP contribution is 2.33. The molecule has 1 unspecified atom stereocenters. The van der Waals surface area contributed by atoms with E-state index in [1.807, 2.05) is 0 Å². The van der Waals surface area contributed by atoms with Crippen LogP contribution in [0.2, 0.25) is 5.02 Å². The van der Waals surface area contributed by atoms with Crippen LogP contribution in [0.25, 0.3) is 22.3 Å². The Bertz CT molecular complexity index is 1410. The first kappa shape index (κ1) is 24.2. The average Bonchev–Trinajstić information content (AvgIpc) is 2.88. The largest absolute Gasteiger partial charge is 0.497 e. The lowest BCUT2D eigenvalue weighted by Gasteiger charge is -2.20. The van der Waals surface area contributed by atoms with Crippen molar-refractivity contribution >= 4 is 34.2 Å². The molecule has 8 heteroatoms. The van der Waals surface area contributed by atoms with Crippen molar-refractivity contribution in [3.05, 3.63) is 82.0 Å². The summed E-state index contributed by atoms with van der Waals surface area (Å²) in [6.45, 7) is 1.79. The van der Waals surface area contributed by atoms with Crippen molar-refractivity contribution in [1.82, 2.24) is 0 Å². The molecule has 0 saturated heterocycles. The van der Waals surface area contributed by atoms with Gasteiger partial charge in [0.15, 0.2) is 11.9 Å². The predicted octanol–water partition coefficient (Wildman–Crippen LogP) is 5.93.